The van der Waals surface area contributed by atoms with Crippen LogP contribution in [-0.4, -0.2) is 18.6 Å². The van der Waals surface area contributed by atoms with E-state index in [0.29, 0.717) is 0 Å². The van der Waals surface area contributed by atoms with E-state index in [9.17, 15) is 8.42 Å². The Morgan fingerprint density at radius 2 is 2.23 bits per heavy atom. The van der Waals surface area contributed by atoms with Crippen LogP contribution in [0.25, 0.3) is 0 Å². The Morgan fingerprint density at radius 1 is 1.54 bits per heavy atom. The Kier molecular flexibility index (Phi) is 3.11. The quantitative estimate of drug-likeness (QED) is 0.782. The second-order valence-corrected chi connectivity index (χ2v) is 4.85. The number of rotatable bonds is 3. The van der Waals surface area contributed by atoms with E-state index in [1.54, 1.807) is 18.3 Å². The minimum absolute atomic E-state index is 0.284. The van der Waals surface area contributed by atoms with Crippen molar-refractivity contribution in [1.82, 2.24) is 4.98 Å². The van der Waals surface area contributed by atoms with Crippen molar-refractivity contribution in [1.29, 1.82) is 0 Å². The van der Waals surface area contributed by atoms with Gasteiger partial charge in [0.2, 0.25) is 10.0 Å². The van der Waals surface area contributed by atoms with E-state index in [0.717, 1.165) is 5.56 Å². The van der Waals surface area contributed by atoms with E-state index < -0.39 is 15.2 Å². The van der Waals surface area contributed by atoms with Gasteiger partial charge in [-0.3, -0.25) is 4.72 Å². The van der Waals surface area contributed by atoms with E-state index in [1.165, 1.54) is 0 Å². The summed E-state index contributed by atoms with van der Waals surface area (Å²) in [6.07, 6.45) is 1.58. The van der Waals surface area contributed by atoms with Gasteiger partial charge in [-0.15, -0.1) is 11.6 Å². The van der Waals surface area contributed by atoms with Crippen LogP contribution in [0.2, 0.25) is 0 Å². The Labute approximate surface area is 82.0 Å². The van der Waals surface area contributed by atoms with Crippen LogP contribution >= 0.6 is 11.6 Å². The van der Waals surface area contributed by atoms with Crippen molar-refractivity contribution in [3.63, 3.8) is 0 Å². The van der Waals surface area contributed by atoms with E-state index in [-0.39, 0.29) is 5.82 Å². The van der Waals surface area contributed by atoms with Gasteiger partial charge in [0.25, 0.3) is 0 Å². The predicted molar refractivity (Wildman–Crippen MR) is 52.2 cm³/mol. The number of aromatic nitrogens is 1. The standard InChI is InChI=1S/C7H9ClN2O2S/c1-6-2-3-7(9-4-6)10-13(11,12)5-8/h2-4H,5H2,1H3,(H,9,10). The van der Waals surface area contributed by atoms with Gasteiger partial charge < -0.3 is 0 Å². The van der Waals surface area contributed by atoms with Crippen molar-refractivity contribution in [2.45, 2.75) is 6.92 Å². The van der Waals surface area contributed by atoms with Gasteiger partial charge in [0.1, 0.15) is 11.0 Å². The van der Waals surface area contributed by atoms with Gasteiger partial charge >= 0.3 is 0 Å². The van der Waals surface area contributed by atoms with Crippen LogP contribution < -0.4 is 4.72 Å². The second-order valence-electron chi connectivity index (χ2n) is 2.55. The molecule has 72 valence electrons. The van der Waals surface area contributed by atoms with Gasteiger partial charge in [-0.25, -0.2) is 13.4 Å². The maximum absolute atomic E-state index is 11.0. The second kappa shape index (κ2) is 3.93. The third-order valence-corrected chi connectivity index (χ3v) is 2.98. The molecule has 0 unspecified atom stereocenters. The molecule has 0 bridgehead atoms. The first-order valence-corrected chi connectivity index (χ1v) is 5.71. The molecule has 1 N–H and O–H groups in total. The molecule has 0 fully saturated rings. The first-order chi connectivity index (χ1) is 6.03. The van der Waals surface area contributed by atoms with E-state index >= 15 is 0 Å². The molecule has 1 rings (SSSR count). The van der Waals surface area contributed by atoms with Crippen LogP contribution in [0.3, 0.4) is 0 Å². The zero-order valence-corrected chi connectivity index (χ0v) is 8.56. The van der Waals surface area contributed by atoms with E-state index in [1.807, 2.05) is 6.92 Å². The Hall–Kier alpha value is -0.810. The summed E-state index contributed by atoms with van der Waals surface area (Å²) in [5.41, 5.74) is 0.967. The summed E-state index contributed by atoms with van der Waals surface area (Å²) in [6, 6.07) is 3.35. The lowest BCUT2D eigenvalue weighted by Crippen LogP contribution is -2.14. The van der Waals surface area contributed by atoms with Gasteiger partial charge in [0, 0.05) is 6.20 Å². The highest BCUT2D eigenvalue weighted by Crippen LogP contribution is 2.06. The molecule has 0 spiro atoms. The molecular formula is C7H9ClN2O2S. The maximum atomic E-state index is 11.0. The normalized spacial score (nSPS) is 11.2. The van der Waals surface area contributed by atoms with Gasteiger partial charge in [-0.2, -0.15) is 0 Å². The fraction of sp³-hybridized carbons (Fsp3) is 0.286. The van der Waals surface area contributed by atoms with Crippen molar-refractivity contribution in [2.75, 3.05) is 9.93 Å². The minimum Gasteiger partial charge on any atom is -0.266 e. The Balaban J connectivity index is 2.82. The summed E-state index contributed by atoms with van der Waals surface area (Å²) in [7, 11) is -3.43. The molecule has 1 heterocycles. The third kappa shape index (κ3) is 3.20. The summed E-state index contributed by atoms with van der Waals surface area (Å²) in [4.78, 5) is 3.86. The number of aryl methyl sites for hydroxylation is 1. The molecule has 13 heavy (non-hydrogen) atoms. The van der Waals surface area contributed by atoms with Crippen molar-refractivity contribution in [3.8, 4) is 0 Å². The van der Waals surface area contributed by atoms with Gasteiger partial charge in [-0.05, 0) is 18.6 Å². The summed E-state index contributed by atoms with van der Waals surface area (Å²) in [6.45, 7) is 1.87. The predicted octanol–water partition coefficient (Wildman–Crippen LogP) is 1.33. The van der Waals surface area contributed by atoms with Crippen molar-refractivity contribution in [3.05, 3.63) is 23.9 Å². The summed E-state index contributed by atoms with van der Waals surface area (Å²) >= 11 is 5.20. The lowest BCUT2D eigenvalue weighted by molar-refractivity contribution is 0.605. The van der Waals surface area contributed by atoms with Crippen LogP contribution in [0.5, 0.6) is 0 Å². The van der Waals surface area contributed by atoms with Crippen LogP contribution in [0.4, 0.5) is 5.82 Å². The molecule has 1 aromatic heterocycles. The molecule has 0 radical (unpaired) electrons. The molecule has 0 aliphatic heterocycles. The first-order valence-electron chi connectivity index (χ1n) is 3.52. The number of hydrogen-bond donors (Lipinski definition) is 1. The third-order valence-electron chi connectivity index (χ3n) is 1.32. The highest BCUT2D eigenvalue weighted by Gasteiger charge is 2.07. The molecule has 0 saturated heterocycles. The number of halogens is 1. The average molecular weight is 221 g/mol. The highest BCUT2D eigenvalue weighted by molar-refractivity contribution is 7.93. The number of hydrogen-bond acceptors (Lipinski definition) is 3. The van der Waals surface area contributed by atoms with Gasteiger partial charge in [0.05, 0.1) is 0 Å². The molecular weight excluding hydrogens is 212 g/mol. The lowest BCUT2D eigenvalue weighted by atomic mass is 10.3. The molecule has 4 nitrogen and oxygen atoms in total. The summed E-state index contributed by atoms with van der Waals surface area (Å²) < 4.78 is 24.2. The number of sulfonamides is 1. The minimum atomic E-state index is -3.43. The van der Waals surface area contributed by atoms with Crippen molar-refractivity contribution in [2.24, 2.45) is 0 Å². The van der Waals surface area contributed by atoms with Crippen LogP contribution in [0.1, 0.15) is 5.56 Å². The van der Waals surface area contributed by atoms with Gasteiger partial charge in [0.15, 0.2) is 0 Å². The smallest absolute Gasteiger partial charge is 0.247 e. The van der Waals surface area contributed by atoms with E-state index in [2.05, 4.69) is 9.71 Å². The van der Waals surface area contributed by atoms with Crippen molar-refractivity contribution >= 4 is 27.4 Å². The van der Waals surface area contributed by atoms with Crippen LogP contribution in [-0.2, 0) is 10.0 Å². The van der Waals surface area contributed by atoms with E-state index in [4.69, 9.17) is 11.6 Å². The molecule has 0 aliphatic carbocycles. The molecule has 1 aromatic rings. The zero-order chi connectivity index (χ0) is 9.90. The number of nitrogens with zero attached hydrogens (tertiary/aromatic N) is 1. The van der Waals surface area contributed by atoms with Crippen LogP contribution in [0, 0.1) is 6.92 Å². The molecule has 0 amide bonds. The summed E-state index contributed by atoms with van der Waals surface area (Å²) in [5, 5.41) is -0.470. The molecule has 0 saturated carbocycles. The molecule has 6 heteroatoms. The lowest BCUT2D eigenvalue weighted by Gasteiger charge is -2.03. The topological polar surface area (TPSA) is 59.1 Å². The fourth-order valence-corrected chi connectivity index (χ4v) is 1.37. The molecule has 0 aromatic carbocycles. The Morgan fingerprint density at radius 3 is 2.69 bits per heavy atom. The van der Waals surface area contributed by atoms with Gasteiger partial charge in [-0.1, -0.05) is 6.07 Å². The van der Waals surface area contributed by atoms with Crippen molar-refractivity contribution < 1.29 is 8.42 Å². The fourth-order valence-electron chi connectivity index (χ4n) is 0.715. The summed E-state index contributed by atoms with van der Waals surface area (Å²) in [5.74, 6) is 0.284. The monoisotopic (exact) mass is 220 g/mol. The highest BCUT2D eigenvalue weighted by atomic mass is 35.5. The molecule has 0 aliphatic rings. The SMILES string of the molecule is Cc1ccc(NS(=O)(=O)CCl)nc1. The number of pyridine rings is 1. The Bertz CT molecular complexity index is 374. The zero-order valence-electron chi connectivity index (χ0n) is 6.99. The molecule has 0 atom stereocenters. The largest absolute Gasteiger partial charge is 0.266 e. The number of nitrogens with one attached hydrogen (secondary N) is 1. The maximum Gasteiger partial charge on any atom is 0.247 e. The number of alkyl halides is 1. The van der Waals surface area contributed by atoms with Crippen LogP contribution in [0.15, 0.2) is 18.3 Å². The first kappa shape index (κ1) is 10.3. The average Bonchev–Trinajstić information content (AvgIpc) is 2.09. The number of anilines is 1.